The van der Waals surface area contributed by atoms with Crippen molar-refractivity contribution in [1.29, 1.82) is 0 Å². The molecule has 2 unspecified atom stereocenters. The van der Waals surface area contributed by atoms with E-state index < -0.39 is 0 Å². The molecule has 0 saturated heterocycles. The molecule has 2 atom stereocenters. The summed E-state index contributed by atoms with van der Waals surface area (Å²) in [6, 6.07) is 8.53. The maximum absolute atomic E-state index is 9.24. The average Bonchev–Trinajstić information content (AvgIpc) is 2.29. The lowest BCUT2D eigenvalue weighted by Gasteiger charge is -2.21. The van der Waals surface area contributed by atoms with Gasteiger partial charge in [0.2, 0.25) is 0 Å². The Labute approximate surface area is 111 Å². The standard InChI is InChI=1S/C16H27NO/c1-12(2)5-6-13(3)17-14(4)11-15-7-9-16(18)10-8-15/h7-10,12-14,17-18H,5-6,11H2,1-4H3. The predicted octanol–water partition coefficient (Wildman–Crippen LogP) is 3.74. The second-order valence-corrected chi connectivity index (χ2v) is 5.81. The van der Waals surface area contributed by atoms with Gasteiger partial charge in [0, 0.05) is 12.1 Å². The molecule has 1 rings (SSSR count). The Bertz CT molecular complexity index is 331. The third-order valence-corrected chi connectivity index (χ3v) is 3.22. The van der Waals surface area contributed by atoms with Crippen LogP contribution in [0.3, 0.4) is 0 Å². The molecular weight excluding hydrogens is 222 g/mol. The molecule has 0 amide bonds. The van der Waals surface area contributed by atoms with Gasteiger partial charge in [-0.3, -0.25) is 0 Å². The van der Waals surface area contributed by atoms with Crippen LogP contribution in [-0.2, 0) is 6.42 Å². The fraction of sp³-hybridized carbons (Fsp3) is 0.625. The Morgan fingerprint density at radius 3 is 2.11 bits per heavy atom. The molecule has 0 saturated carbocycles. The zero-order chi connectivity index (χ0) is 13.5. The van der Waals surface area contributed by atoms with Crippen molar-refractivity contribution >= 4 is 0 Å². The number of phenolic OH excluding ortho intramolecular Hbond substituents is 1. The molecule has 0 aliphatic rings. The minimum absolute atomic E-state index is 0.338. The molecule has 1 aromatic carbocycles. The summed E-state index contributed by atoms with van der Waals surface area (Å²) in [5, 5.41) is 12.9. The van der Waals surface area contributed by atoms with Crippen LogP contribution in [-0.4, -0.2) is 17.2 Å². The summed E-state index contributed by atoms with van der Waals surface area (Å²) in [5.74, 6) is 1.12. The number of hydrogen-bond acceptors (Lipinski definition) is 2. The van der Waals surface area contributed by atoms with Gasteiger partial charge in [0.05, 0.1) is 0 Å². The highest BCUT2D eigenvalue weighted by molar-refractivity contribution is 5.26. The molecule has 102 valence electrons. The molecule has 2 nitrogen and oxygen atoms in total. The lowest BCUT2D eigenvalue weighted by atomic mass is 10.0. The molecular formula is C16H27NO. The summed E-state index contributed by atoms with van der Waals surface area (Å²) in [4.78, 5) is 0. The first-order valence-corrected chi connectivity index (χ1v) is 7.01. The fourth-order valence-electron chi connectivity index (χ4n) is 2.20. The molecule has 0 heterocycles. The van der Waals surface area contributed by atoms with Crippen molar-refractivity contribution in [3.05, 3.63) is 29.8 Å². The third-order valence-electron chi connectivity index (χ3n) is 3.22. The van der Waals surface area contributed by atoms with Crippen LogP contribution in [0.2, 0.25) is 0 Å². The molecule has 2 N–H and O–H groups in total. The van der Waals surface area contributed by atoms with Crippen LogP contribution >= 0.6 is 0 Å². The highest BCUT2D eigenvalue weighted by atomic mass is 16.3. The van der Waals surface area contributed by atoms with Crippen molar-refractivity contribution in [3.8, 4) is 5.75 Å². The van der Waals surface area contributed by atoms with E-state index in [4.69, 9.17) is 0 Å². The van der Waals surface area contributed by atoms with Crippen molar-refractivity contribution in [2.45, 2.75) is 59.0 Å². The van der Waals surface area contributed by atoms with Crippen molar-refractivity contribution in [1.82, 2.24) is 5.32 Å². The Kier molecular flexibility index (Phi) is 6.20. The third kappa shape index (κ3) is 6.06. The first kappa shape index (κ1) is 15.0. The van der Waals surface area contributed by atoms with Crippen LogP contribution in [0.15, 0.2) is 24.3 Å². The van der Waals surface area contributed by atoms with Gasteiger partial charge >= 0.3 is 0 Å². The lowest BCUT2D eigenvalue weighted by molar-refractivity contribution is 0.410. The van der Waals surface area contributed by atoms with Gasteiger partial charge in [-0.05, 0) is 56.7 Å². The normalized spacial score (nSPS) is 14.7. The molecule has 0 spiro atoms. The second kappa shape index (κ2) is 7.42. The van der Waals surface area contributed by atoms with Gasteiger partial charge in [-0.1, -0.05) is 26.0 Å². The topological polar surface area (TPSA) is 32.3 Å². The number of phenols is 1. The predicted molar refractivity (Wildman–Crippen MR) is 77.9 cm³/mol. The van der Waals surface area contributed by atoms with Crippen LogP contribution in [0, 0.1) is 5.92 Å². The number of aromatic hydroxyl groups is 1. The van der Waals surface area contributed by atoms with Gasteiger partial charge in [-0.25, -0.2) is 0 Å². The van der Waals surface area contributed by atoms with E-state index >= 15 is 0 Å². The van der Waals surface area contributed by atoms with Crippen LogP contribution in [0.4, 0.5) is 0 Å². The molecule has 0 bridgehead atoms. The number of nitrogens with one attached hydrogen (secondary N) is 1. The van der Waals surface area contributed by atoms with E-state index in [2.05, 4.69) is 33.0 Å². The molecule has 18 heavy (non-hydrogen) atoms. The van der Waals surface area contributed by atoms with Crippen LogP contribution < -0.4 is 5.32 Å². The summed E-state index contributed by atoms with van der Waals surface area (Å²) < 4.78 is 0. The summed E-state index contributed by atoms with van der Waals surface area (Å²) >= 11 is 0. The van der Waals surface area contributed by atoms with Crippen molar-refractivity contribution in [2.24, 2.45) is 5.92 Å². The summed E-state index contributed by atoms with van der Waals surface area (Å²) in [7, 11) is 0. The van der Waals surface area contributed by atoms with E-state index in [9.17, 15) is 5.11 Å². The zero-order valence-corrected chi connectivity index (χ0v) is 12.1. The molecule has 0 aliphatic heterocycles. The Balaban J connectivity index is 2.32. The van der Waals surface area contributed by atoms with Gasteiger partial charge in [0.15, 0.2) is 0 Å². The number of hydrogen-bond donors (Lipinski definition) is 2. The Morgan fingerprint density at radius 2 is 1.56 bits per heavy atom. The molecule has 0 aliphatic carbocycles. The van der Waals surface area contributed by atoms with Gasteiger partial charge in [-0.15, -0.1) is 0 Å². The zero-order valence-electron chi connectivity index (χ0n) is 12.1. The highest BCUT2D eigenvalue weighted by Gasteiger charge is 2.08. The highest BCUT2D eigenvalue weighted by Crippen LogP contribution is 2.12. The number of benzene rings is 1. The van der Waals surface area contributed by atoms with Crippen molar-refractivity contribution in [3.63, 3.8) is 0 Å². The van der Waals surface area contributed by atoms with Gasteiger partial charge in [0.1, 0.15) is 5.75 Å². The summed E-state index contributed by atoms with van der Waals surface area (Å²) in [6.45, 7) is 9.02. The molecule has 0 radical (unpaired) electrons. The maximum atomic E-state index is 9.24. The van der Waals surface area contributed by atoms with Crippen LogP contribution in [0.1, 0.15) is 46.1 Å². The van der Waals surface area contributed by atoms with E-state index in [1.807, 2.05) is 12.1 Å². The Hall–Kier alpha value is -1.02. The van der Waals surface area contributed by atoms with E-state index in [0.717, 1.165) is 12.3 Å². The van der Waals surface area contributed by atoms with Crippen LogP contribution in [0.5, 0.6) is 5.75 Å². The lowest BCUT2D eigenvalue weighted by Crippen LogP contribution is -2.36. The molecule has 0 aromatic heterocycles. The second-order valence-electron chi connectivity index (χ2n) is 5.81. The van der Waals surface area contributed by atoms with Gasteiger partial charge < -0.3 is 10.4 Å². The minimum atomic E-state index is 0.338. The van der Waals surface area contributed by atoms with E-state index in [0.29, 0.717) is 17.8 Å². The molecule has 2 heteroatoms. The SMILES string of the molecule is CC(C)CCC(C)NC(C)Cc1ccc(O)cc1. The van der Waals surface area contributed by atoms with Crippen molar-refractivity contribution < 1.29 is 5.11 Å². The van der Waals surface area contributed by atoms with Gasteiger partial charge in [0.25, 0.3) is 0 Å². The van der Waals surface area contributed by atoms with E-state index in [1.165, 1.54) is 18.4 Å². The maximum Gasteiger partial charge on any atom is 0.115 e. The Morgan fingerprint density at radius 1 is 0.944 bits per heavy atom. The molecule has 1 aromatic rings. The summed E-state index contributed by atoms with van der Waals surface area (Å²) in [5.41, 5.74) is 1.27. The monoisotopic (exact) mass is 249 g/mol. The van der Waals surface area contributed by atoms with E-state index in [-0.39, 0.29) is 0 Å². The van der Waals surface area contributed by atoms with E-state index in [1.54, 1.807) is 12.1 Å². The number of rotatable bonds is 7. The van der Waals surface area contributed by atoms with Crippen molar-refractivity contribution in [2.75, 3.05) is 0 Å². The van der Waals surface area contributed by atoms with Crippen LogP contribution in [0.25, 0.3) is 0 Å². The largest absolute Gasteiger partial charge is 0.508 e. The summed E-state index contributed by atoms with van der Waals surface area (Å²) in [6.07, 6.45) is 3.52. The average molecular weight is 249 g/mol. The quantitative estimate of drug-likeness (QED) is 0.771. The first-order chi connectivity index (χ1) is 8.47. The molecule has 0 fully saturated rings. The van der Waals surface area contributed by atoms with Gasteiger partial charge in [-0.2, -0.15) is 0 Å². The minimum Gasteiger partial charge on any atom is -0.508 e. The first-order valence-electron chi connectivity index (χ1n) is 7.01. The smallest absolute Gasteiger partial charge is 0.115 e. The fourth-order valence-corrected chi connectivity index (χ4v) is 2.20.